The van der Waals surface area contributed by atoms with Gasteiger partial charge >= 0.3 is 0 Å². The van der Waals surface area contributed by atoms with E-state index in [0.717, 1.165) is 4.47 Å². The van der Waals surface area contributed by atoms with E-state index in [2.05, 4.69) is 31.7 Å². The maximum absolute atomic E-state index is 12.2. The number of nitrogens with two attached hydrogens (primary N) is 1. The van der Waals surface area contributed by atoms with Gasteiger partial charge in [-0.2, -0.15) is 0 Å². The molecule has 0 saturated heterocycles. The second-order valence-corrected chi connectivity index (χ2v) is 4.70. The predicted octanol–water partition coefficient (Wildman–Crippen LogP) is 2.39. The Bertz CT molecular complexity index is 634. The number of nitrogens with one attached hydrogen (secondary N) is 2. The maximum Gasteiger partial charge on any atom is 0.259 e. The van der Waals surface area contributed by atoms with Crippen LogP contribution in [0, 0.1) is 0 Å². The molecule has 0 bridgehead atoms. The zero-order chi connectivity index (χ0) is 14.5. The van der Waals surface area contributed by atoms with E-state index >= 15 is 0 Å². The van der Waals surface area contributed by atoms with E-state index in [-0.39, 0.29) is 5.91 Å². The number of aromatic nitrogens is 1. The minimum absolute atomic E-state index is 0.303. The van der Waals surface area contributed by atoms with E-state index in [1.807, 2.05) is 0 Å². The first kappa shape index (κ1) is 14.3. The smallest absolute Gasteiger partial charge is 0.259 e. The number of carbonyl (C=O) groups excluding carboxylic acids is 1. The van der Waals surface area contributed by atoms with Gasteiger partial charge < -0.3 is 15.5 Å². The van der Waals surface area contributed by atoms with Gasteiger partial charge in [0.15, 0.2) is 5.82 Å². The Labute approximate surface area is 124 Å². The molecule has 104 valence electrons. The van der Waals surface area contributed by atoms with Gasteiger partial charge in [0.05, 0.1) is 17.1 Å². The molecule has 0 fully saturated rings. The summed E-state index contributed by atoms with van der Waals surface area (Å²) in [6, 6.07) is 8.55. The first-order chi connectivity index (χ1) is 9.65. The summed E-state index contributed by atoms with van der Waals surface area (Å²) in [5.74, 6) is 6.03. The minimum atomic E-state index is -0.303. The van der Waals surface area contributed by atoms with Crippen molar-refractivity contribution in [1.29, 1.82) is 0 Å². The van der Waals surface area contributed by atoms with E-state index in [4.69, 9.17) is 10.6 Å². The molecule has 4 N–H and O–H groups in total. The molecule has 0 spiro atoms. The Balaban J connectivity index is 2.21. The lowest BCUT2D eigenvalue weighted by atomic mass is 10.2. The zero-order valence-corrected chi connectivity index (χ0v) is 12.3. The highest BCUT2D eigenvalue weighted by molar-refractivity contribution is 9.10. The summed E-state index contributed by atoms with van der Waals surface area (Å²) in [5.41, 5.74) is 3.39. The molecule has 0 saturated carbocycles. The Kier molecular flexibility index (Phi) is 4.54. The highest BCUT2D eigenvalue weighted by Crippen LogP contribution is 2.28. The van der Waals surface area contributed by atoms with Crippen LogP contribution in [0.4, 0.5) is 11.5 Å². The van der Waals surface area contributed by atoms with Gasteiger partial charge in [-0.3, -0.25) is 4.79 Å². The number of hydrogen-bond acceptors (Lipinski definition) is 5. The summed E-state index contributed by atoms with van der Waals surface area (Å²) in [6.45, 7) is 0. The van der Waals surface area contributed by atoms with Gasteiger partial charge in [0.25, 0.3) is 5.91 Å². The van der Waals surface area contributed by atoms with Crippen LogP contribution >= 0.6 is 15.9 Å². The van der Waals surface area contributed by atoms with Crippen molar-refractivity contribution in [3.05, 3.63) is 46.6 Å². The molecule has 0 unspecified atom stereocenters. The minimum Gasteiger partial charge on any atom is -0.496 e. The number of amides is 1. The van der Waals surface area contributed by atoms with Crippen molar-refractivity contribution in [1.82, 2.24) is 4.98 Å². The van der Waals surface area contributed by atoms with Crippen LogP contribution in [0.3, 0.4) is 0 Å². The van der Waals surface area contributed by atoms with Crippen LogP contribution in [0.1, 0.15) is 10.4 Å². The van der Waals surface area contributed by atoms with Crippen molar-refractivity contribution in [2.24, 2.45) is 5.84 Å². The molecule has 1 amide bonds. The number of methoxy groups -OCH3 is 1. The molecule has 1 heterocycles. The van der Waals surface area contributed by atoms with Crippen molar-refractivity contribution in [3.8, 4) is 5.75 Å². The van der Waals surface area contributed by atoms with Crippen LogP contribution in [0.15, 0.2) is 41.0 Å². The molecule has 20 heavy (non-hydrogen) atoms. The van der Waals surface area contributed by atoms with Crippen LogP contribution in [0.5, 0.6) is 5.75 Å². The number of pyridine rings is 1. The van der Waals surface area contributed by atoms with E-state index in [1.54, 1.807) is 43.6 Å². The summed E-state index contributed by atoms with van der Waals surface area (Å²) < 4.78 is 5.88. The highest BCUT2D eigenvalue weighted by atomic mass is 79.9. The molecule has 6 nitrogen and oxygen atoms in total. The van der Waals surface area contributed by atoms with Crippen molar-refractivity contribution in [2.75, 3.05) is 17.9 Å². The molecule has 1 aromatic carbocycles. The number of ether oxygens (including phenoxy) is 1. The third kappa shape index (κ3) is 3.06. The van der Waals surface area contributed by atoms with Crippen LogP contribution < -0.4 is 21.3 Å². The monoisotopic (exact) mass is 336 g/mol. The summed E-state index contributed by atoms with van der Waals surface area (Å²) in [7, 11) is 1.58. The van der Waals surface area contributed by atoms with E-state index in [9.17, 15) is 4.79 Å². The number of nitrogens with zero attached hydrogens (tertiary/aromatic N) is 1. The van der Waals surface area contributed by atoms with Crippen molar-refractivity contribution < 1.29 is 9.53 Å². The topological polar surface area (TPSA) is 89.3 Å². The molecule has 2 aromatic rings. The first-order valence-electron chi connectivity index (χ1n) is 5.72. The van der Waals surface area contributed by atoms with E-state index in [1.165, 1.54) is 0 Å². The van der Waals surface area contributed by atoms with Crippen LogP contribution in [-0.2, 0) is 0 Å². The second-order valence-electron chi connectivity index (χ2n) is 3.85. The van der Waals surface area contributed by atoms with Crippen molar-refractivity contribution in [3.63, 3.8) is 0 Å². The van der Waals surface area contributed by atoms with Crippen molar-refractivity contribution >= 4 is 33.3 Å². The number of hydrogen-bond donors (Lipinski definition) is 3. The lowest BCUT2D eigenvalue weighted by Gasteiger charge is -2.10. The number of benzene rings is 1. The quantitative estimate of drug-likeness (QED) is 0.589. The van der Waals surface area contributed by atoms with Gasteiger partial charge in [0.2, 0.25) is 0 Å². The second kappa shape index (κ2) is 6.36. The molecule has 0 aliphatic rings. The first-order valence-corrected chi connectivity index (χ1v) is 6.51. The molecule has 2 rings (SSSR count). The fraction of sp³-hybridized carbons (Fsp3) is 0.0769. The van der Waals surface area contributed by atoms with Gasteiger partial charge in [-0.25, -0.2) is 10.8 Å². The summed E-state index contributed by atoms with van der Waals surface area (Å²) in [5, 5.41) is 2.77. The van der Waals surface area contributed by atoms with Gasteiger partial charge in [-0.1, -0.05) is 0 Å². The van der Waals surface area contributed by atoms with Gasteiger partial charge in [-0.15, -0.1) is 0 Å². The highest BCUT2D eigenvalue weighted by Gasteiger charge is 2.12. The number of nitrogen functional groups attached to an aromatic ring is 1. The number of hydrazine groups is 1. The fourth-order valence-corrected chi connectivity index (χ4v) is 2.19. The molecule has 0 radical (unpaired) electrons. The average Bonchev–Trinajstić information content (AvgIpc) is 2.47. The lowest BCUT2D eigenvalue weighted by molar-refractivity contribution is 0.102. The lowest BCUT2D eigenvalue weighted by Crippen LogP contribution is -2.18. The number of anilines is 2. The fourth-order valence-electron chi connectivity index (χ4n) is 1.65. The predicted molar refractivity (Wildman–Crippen MR) is 80.7 cm³/mol. The Hall–Kier alpha value is -2.12. The summed E-state index contributed by atoms with van der Waals surface area (Å²) in [4.78, 5) is 16.1. The Morgan fingerprint density at radius 3 is 2.85 bits per heavy atom. The molecule has 7 heteroatoms. The normalized spacial score (nSPS) is 9.95. The molecule has 1 aromatic heterocycles. The number of carbonyl (C=O) groups is 1. The average molecular weight is 337 g/mol. The Morgan fingerprint density at radius 2 is 2.20 bits per heavy atom. The van der Waals surface area contributed by atoms with E-state index in [0.29, 0.717) is 22.8 Å². The molecular formula is C13H13BrN4O2. The summed E-state index contributed by atoms with van der Waals surface area (Å²) in [6.07, 6.45) is 1.55. The van der Waals surface area contributed by atoms with Crippen LogP contribution in [0.25, 0.3) is 0 Å². The standard InChI is InChI=1S/C13H13BrN4O2/c1-20-11-5-4-8(7-10(11)14)17-13(19)9-3-2-6-16-12(9)18-15/h2-7H,15H2,1H3,(H,16,18)(H,17,19). The number of halogens is 1. The molecule has 0 aliphatic carbocycles. The molecule has 0 atom stereocenters. The van der Waals surface area contributed by atoms with E-state index < -0.39 is 0 Å². The molecular weight excluding hydrogens is 324 g/mol. The SMILES string of the molecule is COc1ccc(NC(=O)c2cccnc2NN)cc1Br. The summed E-state index contributed by atoms with van der Waals surface area (Å²) >= 11 is 3.36. The zero-order valence-electron chi connectivity index (χ0n) is 10.7. The van der Waals surface area contributed by atoms with Crippen LogP contribution in [0.2, 0.25) is 0 Å². The van der Waals surface area contributed by atoms with Gasteiger partial charge in [0, 0.05) is 11.9 Å². The van der Waals surface area contributed by atoms with Crippen LogP contribution in [-0.4, -0.2) is 18.0 Å². The van der Waals surface area contributed by atoms with Gasteiger partial charge in [-0.05, 0) is 46.3 Å². The maximum atomic E-state index is 12.2. The van der Waals surface area contributed by atoms with Gasteiger partial charge in [0.1, 0.15) is 5.75 Å². The Morgan fingerprint density at radius 1 is 1.40 bits per heavy atom. The third-order valence-corrected chi connectivity index (χ3v) is 3.22. The van der Waals surface area contributed by atoms with Crippen molar-refractivity contribution in [2.45, 2.75) is 0 Å². The number of rotatable bonds is 4. The molecule has 0 aliphatic heterocycles. The largest absolute Gasteiger partial charge is 0.496 e. The third-order valence-electron chi connectivity index (χ3n) is 2.60.